The molecule has 0 saturated carbocycles. The zero-order chi connectivity index (χ0) is 42.6. The summed E-state index contributed by atoms with van der Waals surface area (Å²) in [4.78, 5) is 2.45. The summed E-state index contributed by atoms with van der Waals surface area (Å²) in [6.07, 6.45) is 0. The van der Waals surface area contributed by atoms with Gasteiger partial charge < -0.3 is 9.32 Å². The normalized spacial score (nSPS) is 13.0. The van der Waals surface area contributed by atoms with Crippen molar-refractivity contribution in [3.63, 3.8) is 0 Å². The average Bonchev–Trinajstić information content (AvgIpc) is 3.99. The quantitative estimate of drug-likeness (QED) is 0.172. The lowest BCUT2D eigenvalue weighted by atomic mass is 9.70. The van der Waals surface area contributed by atoms with Gasteiger partial charge in [0.25, 0.3) is 0 Å². The van der Waals surface area contributed by atoms with Gasteiger partial charge in [-0.15, -0.1) is 0 Å². The smallest absolute Gasteiger partial charge is 0.143 e. The summed E-state index contributed by atoms with van der Waals surface area (Å²) in [5.41, 5.74) is 19.5. The van der Waals surface area contributed by atoms with Crippen molar-refractivity contribution in [2.24, 2.45) is 0 Å². The molecule has 0 bridgehead atoms. The Labute approximate surface area is 376 Å². The van der Waals surface area contributed by atoms with E-state index >= 15 is 0 Å². The molecule has 1 aromatic heterocycles. The lowest BCUT2D eigenvalue weighted by Crippen LogP contribution is -2.26. The van der Waals surface area contributed by atoms with E-state index in [0.29, 0.717) is 0 Å². The lowest BCUT2D eigenvalue weighted by Gasteiger charge is -2.32. The molecule has 0 saturated heterocycles. The van der Waals surface area contributed by atoms with E-state index < -0.39 is 5.41 Å². The lowest BCUT2D eigenvalue weighted by molar-refractivity contribution is 0.670. The summed E-state index contributed by atoms with van der Waals surface area (Å²) in [6, 6.07) is 86.9. The molecule has 2 aliphatic rings. The molecule has 2 aliphatic carbocycles. The molecule has 0 atom stereocenters. The highest BCUT2D eigenvalue weighted by Gasteiger charge is 2.51. The molecule has 0 fully saturated rings. The maximum absolute atomic E-state index is 7.22. The van der Waals surface area contributed by atoms with E-state index in [0.717, 1.165) is 55.7 Å². The zero-order valence-electron chi connectivity index (χ0n) is 35.4. The molecule has 65 heavy (non-hydrogen) atoms. The predicted octanol–water partition coefficient (Wildman–Crippen LogP) is 17.0. The van der Waals surface area contributed by atoms with Crippen LogP contribution in [0.3, 0.4) is 0 Å². The van der Waals surface area contributed by atoms with Crippen LogP contribution in [-0.4, -0.2) is 0 Å². The van der Waals surface area contributed by atoms with Crippen molar-refractivity contribution in [3.05, 3.63) is 259 Å². The van der Waals surface area contributed by atoms with Gasteiger partial charge in [0.1, 0.15) is 11.2 Å². The standard InChI is InChI=1S/C63H39NO/c1-2-17-41(18-3-1)46-23-11-15-32-59(46)64(43-33-35-51-50-27-10-14-31-57(50)63(58(51)38-43)55-29-12-8-25-48(55)49-26-9-13-30-56(49)63)44-34-36-52-54-37-42-20-5-7-24-47(42)61(62(54)65-60(52)39-44)53-28-16-21-40-19-4-6-22-45(40)53/h1-39H. The van der Waals surface area contributed by atoms with Crippen molar-refractivity contribution >= 4 is 60.5 Å². The van der Waals surface area contributed by atoms with Gasteiger partial charge in [0.05, 0.1) is 11.1 Å². The second-order valence-electron chi connectivity index (χ2n) is 17.5. The molecule has 0 aliphatic heterocycles. The second-order valence-corrected chi connectivity index (χ2v) is 17.5. The minimum absolute atomic E-state index is 0.470. The van der Waals surface area contributed by atoms with Gasteiger partial charge in [-0.1, -0.05) is 194 Å². The van der Waals surface area contributed by atoms with Crippen LogP contribution in [0.4, 0.5) is 17.1 Å². The Morgan fingerprint density at radius 3 is 1.60 bits per heavy atom. The summed E-state index contributed by atoms with van der Waals surface area (Å²) in [5.74, 6) is 0. The average molecular weight is 826 g/mol. The van der Waals surface area contributed by atoms with Crippen molar-refractivity contribution in [3.8, 4) is 44.5 Å². The van der Waals surface area contributed by atoms with Crippen LogP contribution in [0.2, 0.25) is 0 Å². The maximum Gasteiger partial charge on any atom is 0.143 e. The molecule has 0 radical (unpaired) electrons. The molecule has 0 unspecified atom stereocenters. The number of rotatable bonds is 5. The van der Waals surface area contributed by atoms with E-state index in [1.165, 1.54) is 71.6 Å². The summed E-state index contributed by atoms with van der Waals surface area (Å²) >= 11 is 0. The number of hydrogen-bond donors (Lipinski definition) is 0. The van der Waals surface area contributed by atoms with Gasteiger partial charge in [0.15, 0.2) is 0 Å². The number of para-hydroxylation sites is 1. The Balaban J connectivity index is 1.04. The van der Waals surface area contributed by atoms with E-state index in [-0.39, 0.29) is 0 Å². The molecular formula is C63H39NO. The first-order chi connectivity index (χ1) is 32.3. The molecule has 0 amide bonds. The topological polar surface area (TPSA) is 16.4 Å². The number of fused-ring (bicyclic) bond motifs is 15. The molecule has 302 valence electrons. The Bertz CT molecular complexity index is 3840. The Hall–Kier alpha value is -8.46. The Morgan fingerprint density at radius 2 is 0.862 bits per heavy atom. The van der Waals surface area contributed by atoms with Crippen LogP contribution in [0.5, 0.6) is 0 Å². The monoisotopic (exact) mass is 825 g/mol. The van der Waals surface area contributed by atoms with Gasteiger partial charge in [0.2, 0.25) is 0 Å². The largest absolute Gasteiger partial charge is 0.455 e. The fourth-order valence-electron chi connectivity index (χ4n) is 11.6. The maximum atomic E-state index is 7.22. The van der Waals surface area contributed by atoms with Crippen molar-refractivity contribution in [2.75, 3.05) is 4.90 Å². The van der Waals surface area contributed by atoms with Crippen LogP contribution in [-0.2, 0) is 5.41 Å². The third kappa shape index (κ3) is 5.05. The van der Waals surface area contributed by atoms with E-state index in [1.807, 2.05) is 0 Å². The van der Waals surface area contributed by atoms with Crippen molar-refractivity contribution in [2.45, 2.75) is 5.41 Å². The summed E-state index contributed by atoms with van der Waals surface area (Å²) in [5, 5.41) is 6.99. The van der Waals surface area contributed by atoms with Crippen LogP contribution in [0, 0.1) is 0 Å². The Kier molecular flexibility index (Phi) is 7.64. The Morgan fingerprint density at radius 1 is 0.323 bits per heavy atom. The van der Waals surface area contributed by atoms with Crippen molar-refractivity contribution < 1.29 is 4.42 Å². The number of nitrogens with zero attached hydrogens (tertiary/aromatic N) is 1. The van der Waals surface area contributed by atoms with Gasteiger partial charge in [-0.2, -0.15) is 0 Å². The molecule has 2 heteroatoms. The first-order valence-electron chi connectivity index (χ1n) is 22.5. The number of furan rings is 1. The van der Waals surface area contributed by atoms with Gasteiger partial charge in [0, 0.05) is 39.3 Å². The highest BCUT2D eigenvalue weighted by molar-refractivity contribution is 6.21. The molecule has 12 aromatic rings. The minimum Gasteiger partial charge on any atom is -0.455 e. The van der Waals surface area contributed by atoms with E-state index in [2.05, 4.69) is 241 Å². The van der Waals surface area contributed by atoms with Gasteiger partial charge >= 0.3 is 0 Å². The van der Waals surface area contributed by atoms with Gasteiger partial charge in [-0.25, -0.2) is 0 Å². The number of anilines is 3. The van der Waals surface area contributed by atoms with Crippen LogP contribution in [0.15, 0.2) is 241 Å². The van der Waals surface area contributed by atoms with Crippen LogP contribution in [0.25, 0.3) is 88.0 Å². The van der Waals surface area contributed by atoms with E-state index in [1.54, 1.807) is 0 Å². The fourth-order valence-corrected chi connectivity index (χ4v) is 11.6. The van der Waals surface area contributed by atoms with Crippen molar-refractivity contribution in [1.29, 1.82) is 0 Å². The summed E-state index contributed by atoms with van der Waals surface area (Å²) in [7, 11) is 0. The summed E-state index contributed by atoms with van der Waals surface area (Å²) < 4.78 is 7.22. The van der Waals surface area contributed by atoms with Crippen LogP contribution < -0.4 is 4.90 Å². The van der Waals surface area contributed by atoms with Gasteiger partial charge in [-0.05, 0) is 114 Å². The third-order valence-electron chi connectivity index (χ3n) is 14.3. The highest BCUT2D eigenvalue weighted by Crippen LogP contribution is 2.63. The first kappa shape index (κ1) is 36.1. The van der Waals surface area contributed by atoms with E-state index in [9.17, 15) is 0 Å². The third-order valence-corrected chi connectivity index (χ3v) is 14.3. The number of hydrogen-bond acceptors (Lipinski definition) is 2. The minimum atomic E-state index is -0.470. The highest BCUT2D eigenvalue weighted by atomic mass is 16.3. The zero-order valence-corrected chi connectivity index (χ0v) is 35.4. The molecule has 0 N–H and O–H groups in total. The molecule has 1 spiro atoms. The van der Waals surface area contributed by atoms with Crippen molar-refractivity contribution in [1.82, 2.24) is 0 Å². The molecule has 2 nitrogen and oxygen atoms in total. The van der Waals surface area contributed by atoms with Crippen LogP contribution >= 0.6 is 0 Å². The molecule has 11 aromatic carbocycles. The molecule has 14 rings (SSSR count). The molecule has 1 heterocycles. The SMILES string of the molecule is c1ccc(-c2ccccc2N(c2ccc3c(c2)C2(c4ccccc4-c4ccccc42)c2ccccc2-3)c2ccc3c(c2)oc2c(-c4cccc5ccccc45)c4ccccc4cc23)cc1. The van der Waals surface area contributed by atoms with Crippen LogP contribution in [0.1, 0.15) is 22.3 Å². The van der Waals surface area contributed by atoms with Gasteiger partial charge in [-0.3, -0.25) is 0 Å². The first-order valence-corrected chi connectivity index (χ1v) is 22.5. The number of benzene rings is 11. The fraction of sp³-hybridized carbons (Fsp3) is 0.0159. The molecular weight excluding hydrogens is 787 g/mol. The summed E-state index contributed by atoms with van der Waals surface area (Å²) in [6.45, 7) is 0. The second kappa shape index (κ2) is 13.8. The van der Waals surface area contributed by atoms with E-state index in [4.69, 9.17) is 4.42 Å². The predicted molar refractivity (Wildman–Crippen MR) is 271 cm³/mol.